The molecular formula is C9H20N2O2. The summed E-state index contributed by atoms with van der Waals surface area (Å²) in [7, 11) is 2.07. The Morgan fingerprint density at radius 2 is 1.85 bits per heavy atom. The maximum atomic E-state index is 10.0. The van der Waals surface area contributed by atoms with Crippen LogP contribution in [0.1, 0.15) is 32.6 Å². The second-order valence-electron chi connectivity index (χ2n) is 3.42. The summed E-state index contributed by atoms with van der Waals surface area (Å²) in [5.74, 6) is 0. The van der Waals surface area contributed by atoms with Crippen LogP contribution in [0.5, 0.6) is 0 Å². The number of hydrogen-bond acceptors (Lipinski definition) is 3. The molecule has 0 saturated heterocycles. The zero-order chi connectivity index (χ0) is 10.1. The number of unbranched alkanes of at least 4 members (excludes halogenated alkanes) is 2. The van der Waals surface area contributed by atoms with Crippen molar-refractivity contribution in [1.29, 1.82) is 0 Å². The molecule has 0 heterocycles. The highest BCUT2D eigenvalue weighted by Crippen LogP contribution is 1.96. The van der Waals surface area contributed by atoms with Crippen molar-refractivity contribution < 1.29 is 4.92 Å². The van der Waals surface area contributed by atoms with Crippen molar-refractivity contribution in [2.45, 2.75) is 32.6 Å². The Bertz CT molecular complexity index is 140. The molecule has 0 rings (SSSR count). The fourth-order valence-corrected chi connectivity index (χ4v) is 1.16. The van der Waals surface area contributed by atoms with E-state index < -0.39 is 0 Å². The molecule has 0 fully saturated rings. The Morgan fingerprint density at radius 1 is 1.23 bits per heavy atom. The van der Waals surface area contributed by atoms with Gasteiger partial charge >= 0.3 is 0 Å². The summed E-state index contributed by atoms with van der Waals surface area (Å²) in [6, 6.07) is 0. The molecule has 0 atom stereocenters. The van der Waals surface area contributed by atoms with E-state index in [1.54, 1.807) is 0 Å². The van der Waals surface area contributed by atoms with Crippen molar-refractivity contribution in [2.75, 3.05) is 26.7 Å². The number of nitro groups is 1. The number of hydrogen-bond donors (Lipinski definition) is 0. The molecule has 4 heteroatoms. The number of nitrogens with zero attached hydrogens (tertiary/aromatic N) is 2. The van der Waals surface area contributed by atoms with Crippen LogP contribution in [0.3, 0.4) is 0 Å². The topological polar surface area (TPSA) is 46.4 Å². The van der Waals surface area contributed by atoms with Crippen LogP contribution in [0.15, 0.2) is 0 Å². The van der Waals surface area contributed by atoms with Crippen LogP contribution in [0, 0.1) is 10.1 Å². The summed E-state index contributed by atoms with van der Waals surface area (Å²) in [6.45, 7) is 4.37. The Morgan fingerprint density at radius 3 is 2.38 bits per heavy atom. The van der Waals surface area contributed by atoms with E-state index in [9.17, 15) is 10.1 Å². The van der Waals surface area contributed by atoms with Gasteiger partial charge in [0, 0.05) is 11.3 Å². The molecule has 4 nitrogen and oxygen atoms in total. The van der Waals surface area contributed by atoms with Gasteiger partial charge in [0.1, 0.15) is 0 Å². The minimum absolute atomic E-state index is 0.113. The van der Waals surface area contributed by atoms with Gasteiger partial charge in [-0.15, -0.1) is 0 Å². The molecule has 0 aromatic rings. The van der Waals surface area contributed by atoms with E-state index in [2.05, 4.69) is 18.9 Å². The predicted molar refractivity (Wildman–Crippen MR) is 53.5 cm³/mol. The highest BCUT2D eigenvalue weighted by atomic mass is 16.6. The molecule has 0 aromatic heterocycles. The first-order valence-corrected chi connectivity index (χ1v) is 4.97. The predicted octanol–water partition coefficient (Wildman–Crippen LogP) is 1.78. The maximum Gasteiger partial charge on any atom is 0.203 e. The summed E-state index contributed by atoms with van der Waals surface area (Å²) in [4.78, 5) is 12.0. The van der Waals surface area contributed by atoms with Gasteiger partial charge in [-0.25, -0.2) is 0 Å². The lowest BCUT2D eigenvalue weighted by atomic mass is 10.2. The molecule has 0 saturated carbocycles. The van der Waals surface area contributed by atoms with Gasteiger partial charge in [-0.3, -0.25) is 10.1 Å². The molecule has 0 aliphatic heterocycles. The van der Waals surface area contributed by atoms with Gasteiger partial charge in [0.2, 0.25) is 6.54 Å². The lowest BCUT2D eigenvalue weighted by Crippen LogP contribution is -2.21. The second-order valence-corrected chi connectivity index (χ2v) is 3.42. The summed E-state index contributed by atoms with van der Waals surface area (Å²) in [6.07, 6.45) is 4.05. The summed E-state index contributed by atoms with van der Waals surface area (Å²) in [5.41, 5.74) is 0. The third kappa shape index (κ3) is 9.27. The average Bonchev–Trinajstić information content (AvgIpc) is 2.08. The molecule has 0 N–H and O–H groups in total. The quantitative estimate of drug-likeness (QED) is 0.331. The van der Waals surface area contributed by atoms with Gasteiger partial charge in [-0.05, 0) is 33.0 Å². The Hall–Kier alpha value is -0.640. The lowest BCUT2D eigenvalue weighted by molar-refractivity contribution is -0.480. The second kappa shape index (κ2) is 7.98. The van der Waals surface area contributed by atoms with E-state index >= 15 is 0 Å². The molecule has 0 bridgehead atoms. The van der Waals surface area contributed by atoms with Crippen LogP contribution in [-0.4, -0.2) is 36.5 Å². The van der Waals surface area contributed by atoms with Gasteiger partial charge in [0.15, 0.2) is 0 Å². The normalized spacial score (nSPS) is 10.7. The monoisotopic (exact) mass is 188 g/mol. The smallest absolute Gasteiger partial charge is 0.203 e. The largest absolute Gasteiger partial charge is 0.306 e. The highest BCUT2D eigenvalue weighted by Gasteiger charge is 1.99. The molecule has 0 radical (unpaired) electrons. The van der Waals surface area contributed by atoms with Gasteiger partial charge < -0.3 is 4.90 Å². The van der Waals surface area contributed by atoms with Crippen molar-refractivity contribution >= 4 is 0 Å². The third-order valence-corrected chi connectivity index (χ3v) is 2.02. The summed E-state index contributed by atoms with van der Waals surface area (Å²) >= 11 is 0. The van der Waals surface area contributed by atoms with E-state index in [1.165, 1.54) is 12.8 Å². The zero-order valence-corrected chi connectivity index (χ0v) is 8.66. The van der Waals surface area contributed by atoms with Crippen molar-refractivity contribution in [1.82, 2.24) is 4.90 Å². The molecular weight excluding hydrogens is 168 g/mol. The molecule has 0 amide bonds. The molecule has 78 valence electrons. The third-order valence-electron chi connectivity index (χ3n) is 2.02. The SMILES string of the molecule is CCCCN(C)CCCC[N+](=O)[O-]. The van der Waals surface area contributed by atoms with E-state index in [4.69, 9.17) is 0 Å². The van der Waals surface area contributed by atoms with E-state index in [0.29, 0.717) is 6.42 Å². The highest BCUT2D eigenvalue weighted by molar-refractivity contribution is 4.51. The van der Waals surface area contributed by atoms with Gasteiger partial charge in [0.25, 0.3) is 0 Å². The first-order chi connectivity index (χ1) is 6.16. The Labute approximate surface area is 80.1 Å². The minimum Gasteiger partial charge on any atom is -0.306 e. The first-order valence-electron chi connectivity index (χ1n) is 4.97. The fraction of sp³-hybridized carbons (Fsp3) is 1.00. The molecule has 0 spiro atoms. The molecule has 13 heavy (non-hydrogen) atoms. The average molecular weight is 188 g/mol. The van der Waals surface area contributed by atoms with Crippen LogP contribution in [0.2, 0.25) is 0 Å². The Balaban J connectivity index is 3.16. The zero-order valence-electron chi connectivity index (χ0n) is 8.66. The van der Waals surface area contributed by atoms with Gasteiger partial charge in [-0.2, -0.15) is 0 Å². The Kier molecular flexibility index (Phi) is 7.59. The van der Waals surface area contributed by atoms with Crippen LogP contribution >= 0.6 is 0 Å². The van der Waals surface area contributed by atoms with Gasteiger partial charge in [-0.1, -0.05) is 13.3 Å². The summed E-state index contributed by atoms with van der Waals surface area (Å²) < 4.78 is 0. The van der Waals surface area contributed by atoms with Gasteiger partial charge in [0.05, 0.1) is 0 Å². The van der Waals surface area contributed by atoms with Crippen LogP contribution in [0.25, 0.3) is 0 Å². The van der Waals surface area contributed by atoms with Crippen LogP contribution < -0.4 is 0 Å². The van der Waals surface area contributed by atoms with Crippen LogP contribution in [-0.2, 0) is 0 Å². The van der Waals surface area contributed by atoms with E-state index in [1.807, 2.05) is 0 Å². The maximum absolute atomic E-state index is 10.0. The lowest BCUT2D eigenvalue weighted by Gasteiger charge is -2.14. The molecule has 0 unspecified atom stereocenters. The van der Waals surface area contributed by atoms with E-state index in [-0.39, 0.29) is 11.5 Å². The standard InChI is InChI=1S/C9H20N2O2/c1-3-4-7-10(2)8-5-6-9-11(12)13/h3-9H2,1-2H3. The first kappa shape index (κ1) is 12.4. The van der Waals surface area contributed by atoms with Crippen molar-refractivity contribution in [3.63, 3.8) is 0 Å². The molecule has 0 aromatic carbocycles. The van der Waals surface area contributed by atoms with Crippen molar-refractivity contribution in [3.8, 4) is 0 Å². The minimum atomic E-state index is -0.244. The number of rotatable bonds is 8. The molecule has 0 aliphatic rings. The van der Waals surface area contributed by atoms with Crippen LogP contribution in [0.4, 0.5) is 0 Å². The molecule has 0 aliphatic carbocycles. The fourth-order valence-electron chi connectivity index (χ4n) is 1.16. The van der Waals surface area contributed by atoms with Crippen molar-refractivity contribution in [2.24, 2.45) is 0 Å². The summed E-state index contributed by atoms with van der Waals surface area (Å²) in [5, 5.41) is 10.0. The van der Waals surface area contributed by atoms with Crippen molar-refractivity contribution in [3.05, 3.63) is 10.1 Å². The van der Waals surface area contributed by atoms with E-state index in [0.717, 1.165) is 19.5 Å².